The van der Waals surface area contributed by atoms with E-state index < -0.39 is 0 Å². The van der Waals surface area contributed by atoms with Crippen LogP contribution in [0.4, 0.5) is 0 Å². The summed E-state index contributed by atoms with van der Waals surface area (Å²) in [5.74, 6) is 0. The van der Waals surface area contributed by atoms with Crippen LogP contribution in [0.25, 0.3) is 103 Å². The molecule has 0 fully saturated rings. The Hall–Kier alpha value is -6.68. The van der Waals surface area contributed by atoms with E-state index in [4.69, 9.17) is 0 Å². The molecule has 8 aromatic carbocycles. The molecule has 0 amide bonds. The van der Waals surface area contributed by atoms with Crippen molar-refractivity contribution in [2.24, 2.45) is 0 Å². The third-order valence-corrected chi connectivity index (χ3v) is 13.0. The van der Waals surface area contributed by atoms with Crippen LogP contribution in [0.2, 0.25) is 0 Å². The molecule has 0 unspecified atom stereocenters. The highest BCUT2D eigenvalue weighted by Gasteiger charge is 2.23. The van der Waals surface area contributed by atoms with E-state index in [0.29, 0.717) is 0 Å². The molecule has 258 valence electrons. The van der Waals surface area contributed by atoms with Gasteiger partial charge in [0, 0.05) is 48.4 Å². The summed E-state index contributed by atoms with van der Waals surface area (Å²) < 4.78 is 7.65. The topological polar surface area (TPSA) is 9.86 Å². The van der Waals surface area contributed by atoms with E-state index >= 15 is 0 Å². The molecule has 12 rings (SSSR count). The molecular formula is C52H34N2S. The van der Waals surface area contributed by atoms with E-state index in [9.17, 15) is 0 Å². The van der Waals surface area contributed by atoms with E-state index in [-0.39, 0.29) is 0 Å². The van der Waals surface area contributed by atoms with Gasteiger partial charge in [-0.2, -0.15) is 0 Å². The fourth-order valence-electron chi connectivity index (χ4n) is 9.30. The molecule has 0 bridgehead atoms. The zero-order valence-electron chi connectivity index (χ0n) is 30.0. The lowest BCUT2D eigenvalue weighted by atomic mass is 9.95. The third-order valence-electron chi connectivity index (χ3n) is 11.8. The van der Waals surface area contributed by atoms with Crippen molar-refractivity contribution in [3.63, 3.8) is 0 Å². The molecule has 1 aliphatic carbocycles. The number of para-hydroxylation sites is 2. The van der Waals surface area contributed by atoms with Crippen LogP contribution in [0.5, 0.6) is 0 Å². The molecular weight excluding hydrogens is 685 g/mol. The van der Waals surface area contributed by atoms with Gasteiger partial charge in [-0.15, -0.1) is 11.3 Å². The maximum atomic E-state index is 2.50. The average molecular weight is 719 g/mol. The van der Waals surface area contributed by atoms with Gasteiger partial charge in [-0.3, -0.25) is 0 Å². The van der Waals surface area contributed by atoms with Crippen LogP contribution < -0.4 is 0 Å². The van der Waals surface area contributed by atoms with E-state index in [2.05, 4.69) is 191 Å². The molecule has 0 spiro atoms. The van der Waals surface area contributed by atoms with Gasteiger partial charge in [0.1, 0.15) is 0 Å². The Morgan fingerprint density at radius 2 is 1.13 bits per heavy atom. The molecule has 0 N–H and O–H groups in total. The zero-order valence-corrected chi connectivity index (χ0v) is 30.9. The first kappa shape index (κ1) is 30.7. The highest BCUT2D eigenvalue weighted by atomic mass is 32.1. The summed E-state index contributed by atoms with van der Waals surface area (Å²) in [6, 6.07) is 62.8. The highest BCUT2D eigenvalue weighted by Crippen LogP contribution is 2.48. The number of aromatic nitrogens is 2. The minimum absolute atomic E-state index is 0.996. The SMILES string of the molecule is C1=C(c2ccccc2)CCC(n2c3ccccc3c3cc(-c4cc5c6ccccc6n(-c6ccc7ccccc7c6)c5c5sc6ccccc6c45)ccc32)=C1. The van der Waals surface area contributed by atoms with Gasteiger partial charge in [0.15, 0.2) is 0 Å². The molecule has 3 heterocycles. The molecule has 0 saturated carbocycles. The van der Waals surface area contributed by atoms with Crippen molar-refractivity contribution in [2.45, 2.75) is 12.8 Å². The lowest BCUT2D eigenvalue weighted by Gasteiger charge is -2.18. The Labute approximate surface area is 322 Å². The minimum Gasteiger partial charge on any atom is -0.313 e. The van der Waals surface area contributed by atoms with E-state index in [1.165, 1.54) is 108 Å². The van der Waals surface area contributed by atoms with Gasteiger partial charge < -0.3 is 9.13 Å². The second-order valence-corrected chi connectivity index (χ2v) is 15.9. The maximum absolute atomic E-state index is 2.50. The maximum Gasteiger partial charge on any atom is 0.0720 e. The monoisotopic (exact) mass is 718 g/mol. The minimum atomic E-state index is 0.996. The number of fused-ring (bicyclic) bond motifs is 11. The Balaban J connectivity index is 1.12. The first-order valence-electron chi connectivity index (χ1n) is 19.1. The quantitative estimate of drug-likeness (QED) is 0.171. The second-order valence-electron chi connectivity index (χ2n) is 14.8. The summed E-state index contributed by atoms with van der Waals surface area (Å²) in [4.78, 5) is 0. The lowest BCUT2D eigenvalue weighted by Crippen LogP contribution is -2.01. The van der Waals surface area contributed by atoms with Crippen molar-refractivity contribution in [1.29, 1.82) is 0 Å². The predicted octanol–water partition coefficient (Wildman–Crippen LogP) is 14.8. The Morgan fingerprint density at radius 1 is 0.436 bits per heavy atom. The van der Waals surface area contributed by atoms with Gasteiger partial charge in [0.05, 0.1) is 26.8 Å². The fraction of sp³-hybridized carbons (Fsp3) is 0.0385. The van der Waals surface area contributed by atoms with Crippen LogP contribution in [0.1, 0.15) is 18.4 Å². The van der Waals surface area contributed by atoms with Gasteiger partial charge in [-0.1, -0.05) is 127 Å². The average Bonchev–Trinajstić information content (AvgIpc) is 3.91. The number of hydrogen-bond donors (Lipinski definition) is 0. The summed E-state index contributed by atoms with van der Waals surface area (Å²) in [7, 11) is 0. The summed E-state index contributed by atoms with van der Waals surface area (Å²) in [6.45, 7) is 0. The Morgan fingerprint density at radius 3 is 1.95 bits per heavy atom. The molecule has 3 heteroatoms. The number of thiophene rings is 1. The van der Waals surface area contributed by atoms with Crippen LogP contribution in [0.15, 0.2) is 182 Å². The van der Waals surface area contributed by atoms with Crippen LogP contribution in [-0.4, -0.2) is 9.13 Å². The summed E-state index contributed by atoms with van der Waals surface area (Å²) in [5, 5.41) is 10.3. The number of rotatable bonds is 4. The number of allylic oxidation sites excluding steroid dienone is 4. The molecule has 11 aromatic rings. The summed E-state index contributed by atoms with van der Waals surface area (Å²) >= 11 is 1.92. The number of benzene rings is 8. The van der Waals surface area contributed by atoms with Crippen molar-refractivity contribution in [3.8, 4) is 16.8 Å². The number of nitrogens with zero attached hydrogens (tertiary/aromatic N) is 2. The first-order chi connectivity index (χ1) is 27.3. The summed E-state index contributed by atoms with van der Waals surface area (Å²) in [5.41, 5.74) is 12.8. The van der Waals surface area contributed by atoms with Crippen molar-refractivity contribution < 1.29 is 0 Å². The third kappa shape index (κ3) is 4.60. The van der Waals surface area contributed by atoms with Gasteiger partial charge in [0.2, 0.25) is 0 Å². The first-order valence-corrected chi connectivity index (χ1v) is 20.0. The normalized spacial score (nSPS) is 13.5. The molecule has 0 aliphatic heterocycles. The molecule has 0 radical (unpaired) electrons. The van der Waals surface area contributed by atoms with Crippen LogP contribution in [-0.2, 0) is 0 Å². The van der Waals surface area contributed by atoms with Crippen molar-refractivity contribution in [2.75, 3.05) is 0 Å². The smallest absolute Gasteiger partial charge is 0.0720 e. The standard InChI is InChI=1S/C52H34N2S/c1-2-12-33(13-3-1)35-22-26-38(27-23-35)53-46-19-9-6-16-40(46)44-31-37(25-29-48(44)53)43-32-45-41-17-7-10-20-47(41)54(39-28-24-34-14-4-5-15-36(34)30-39)51(45)52-50(43)42-18-8-11-21-49(42)55-52/h1-22,24-26,28-32H,23,27H2. The molecule has 0 atom stereocenters. The van der Waals surface area contributed by atoms with Crippen LogP contribution in [0.3, 0.4) is 0 Å². The highest BCUT2D eigenvalue weighted by molar-refractivity contribution is 7.26. The molecule has 55 heavy (non-hydrogen) atoms. The van der Waals surface area contributed by atoms with Crippen molar-refractivity contribution >= 4 is 97.2 Å². The van der Waals surface area contributed by atoms with Gasteiger partial charge in [-0.05, 0) is 100 Å². The molecule has 2 nitrogen and oxygen atoms in total. The predicted molar refractivity (Wildman–Crippen MR) is 238 cm³/mol. The second kappa shape index (κ2) is 11.9. The Kier molecular flexibility index (Phi) is 6.66. The molecule has 3 aromatic heterocycles. The van der Waals surface area contributed by atoms with Crippen LogP contribution >= 0.6 is 11.3 Å². The van der Waals surface area contributed by atoms with E-state index in [1.54, 1.807) is 0 Å². The summed E-state index contributed by atoms with van der Waals surface area (Å²) in [6.07, 6.45) is 6.69. The van der Waals surface area contributed by atoms with Crippen molar-refractivity contribution in [3.05, 3.63) is 188 Å². The lowest BCUT2D eigenvalue weighted by molar-refractivity contribution is 0.992. The van der Waals surface area contributed by atoms with Crippen molar-refractivity contribution in [1.82, 2.24) is 9.13 Å². The molecule has 1 aliphatic rings. The van der Waals surface area contributed by atoms with E-state index in [1.807, 2.05) is 11.3 Å². The zero-order chi connectivity index (χ0) is 36.0. The van der Waals surface area contributed by atoms with Crippen LogP contribution in [0, 0.1) is 0 Å². The van der Waals surface area contributed by atoms with E-state index in [0.717, 1.165) is 12.8 Å². The fourth-order valence-corrected chi connectivity index (χ4v) is 10.6. The number of hydrogen-bond acceptors (Lipinski definition) is 1. The molecule has 0 saturated heterocycles. The Bertz CT molecular complexity index is 3420. The van der Waals surface area contributed by atoms with Gasteiger partial charge in [-0.25, -0.2) is 0 Å². The largest absolute Gasteiger partial charge is 0.313 e. The van der Waals surface area contributed by atoms with Gasteiger partial charge in [0.25, 0.3) is 0 Å². The van der Waals surface area contributed by atoms with Gasteiger partial charge >= 0.3 is 0 Å².